The zero-order valence-corrected chi connectivity index (χ0v) is 18.2. The van der Waals surface area contributed by atoms with Crippen molar-refractivity contribution in [1.29, 1.82) is 0 Å². The van der Waals surface area contributed by atoms with Crippen LogP contribution in [0, 0.1) is 12.8 Å². The molecule has 6 nitrogen and oxygen atoms in total. The van der Waals surface area contributed by atoms with Gasteiger partial charge in [-0.3, -0.25) is 19.2 Å². The summed E-state index contributed by atoms with van der Waals surface area (Å²) in [5, 5.41) is 4.90. The SMILES string of the molecule is CC(=O)OCC1C(=O)C=CC1Nc1cccc2c1C(=O)c1ccc3cc(C)ccc3c1C2=O. The van der Waals surface area contributed by atoms with Crippen LogP contribution in [0.3, 0.4) is 0 Å². The van der Waals surface area contributed by atoms with Crippen molar-refractivity contribution in [3.05, 3.63) is 88.5 Å². The van der Waals surface area contributed by atoms with Crippen LogP contribution in [0.25, 0.3) is 10.8 Å². The lowest BCUT2D eigenvalue weighted by molar-refractivity contribution is -0.143. The number of carbonyl (C=O) groups excluding carboxylic acids is 4. The number of nitrogens with one attached hydrogen (secondary N) is 1. The van der Waals surface area contributed by atoms with Gasteiger partial charge in [-0.15, -0.1) is 0 Å². The Kier molecular flexibility index (Phi) is 4.93. The predicted molar refractivity (Wildman–Crippen MR) is 124 cm³/mol. The molecule has 2 unspecified atom stereocenters. The average Bonchev–Trinajstić information content (AvgIpc) is 3.14. The summed E-state index contributed by atoms with van der Waals surface area (Å²) in [6.45, 7) is 3.21. The van der Waals surface area contributed by atoms with Crippen molar-refractivity contribution >= 4 is 39.8 Å². The first-order valence-corrected chi connectivity index (χ1v) is 10.7. The topological polar surface area (TPSA) is 89.5 Å². The van der Waals surface area contributed by atoms with Gasteiger partial charge in [-0.25, -0.2) is 0 Å². The number of carbonyl (C=O) groups is 4. The van der Waals surface area contributed by atoms with E-state index in [-0.39, 0.29) is 24.0 Å². The maximum Gasteiger partial charge on any atom is 0.302 e. The second-order valence-electron chi connectivity index (χ2n) is 8.44. The van der Waals surface area contributed by atoms with Gasteiger partial charge in [-0.2, -0.15) is 0 Å². The maximum absolute atomic E-state index is 13.6. The minimum absolute atomic E-state index is 0.0605. The third kappa shape index (κ3) is 3.44. The first-order chi connectivity index (χ1) is 15.8. The summed E-state index contributed by atoms with van der Waals surface area (Å²) in [5.74, 6) is -1.67. The molecule has 0 fully saturated rings. The van der Waals surface area contributed by atoms with Crippen molar-refractivity contribution in [2.45, 2.75) is 19.9 Å². The molecule has 1 N–H and O–H groups in total. The van der Waals surface area contributed by atoms with Crippen LogP contribution in [0.4, 0.5) is 5.69 Å². The third-order valence-corrected chi connectivity index (χ3v) is 6.24. The molecule has 2 aliphatic carbocycles. The molecule has 5 rings (SSSR count). The van der Waals surface area contributed by atoms with Crippen LogP contribution in [-0.4, -0.2) is 36.0 Å². The number of hydrogen-bond donors (Lipinski definition) is 1. The highest BCUT2D eigenvalue weighted by Gasteiger charge is 2.36. The van der Waals surface area contributed by atoms with E-state index in [1.165, 1.54) is 13.0 Å². The second kappa shape index (κ2) is 7.81. The molecule has 0 saturated heterocycles. The molecule has 2 atom stereocenters. The number of fused-ring (bicyclic) bond motifs is 4. The van der Waals surface area contributed by atoms with Crippen LogP contribution in [0.15, 0.2) is 60.7 Å². The van der Waals surface area contributed by atoms with Gasteiger partial charge >= 0.3 is 5.97 Å². The van der Waals surface area contributed by atoms with Crippen molar-refractivity contribution in [3.63, 3.8) is 0 Å². The van der Waals surface area contributed by atoms with Crippen LogP contribution in [0.1, 0.15) is 44.3 Å². The summed E-state index contributed by atoms with van der Waals surface area (Å²) in [6, 6.07) is 14.0. The highest BCUT2D eigenvalue weighted by Crippen LogP contribution is 2.36. The quantitative estimate of drug-likeness (QED) is 0.483. The van der Waals surface area contributed by atoms with Crippen molar-refractivity contribution in [2.24, 2.45) is 5.92 Å². The molecule has 0 radical (unpaired) electrons. The van der Waals surface area contributed by atoms with Crippen molar-refractivity contribution < 1.29 is 23.9 Å². The summed E-state index contributed by atoms with van der Waals surface area (Å²) < 4.78 is 5.05. The maximum atomic E-state index is 13.6. The zero-order chi connectivity index (χ0) is 23.3. The van der Waals surface area contributed by atoms with Crippen LogP contribution < -0.4 is 5.32 Å². The van der Waals surface area contributed by atoms with E-state index in [9.17, 15) is 19.2 Å². The lowest BCUT2D eigenvalue weighted by Gasteiger charge is -2.25. The fraction of sp³-hybridized carbons (Fsp3) is 0.185. The number of anilines is 1. The van der Waals surface area contributed by atoms with E-state index in [0.717, 1.165) is 16.3 Å². The van der Waals surface area contributed by atoms with Gasteiger partial charge in [-0.1, -0.05) is 48.0 Å². The number of allylic oxidation sites excluding steroid dienone is 1. The third-order valence-electron chi connectivity index (χ3n) is 6.24. The Labute approximate surface area is 190 Å². The number of ether oxygens (including phenoxy) is 1. The van der Waals surface area contributed by atoms with Gasteiger partial charge in [-0.05, 0) is 35.9 Å². The van der Waals surface area contributed by atoms with Crippen molar-refractivity contribution in [2.75, 3.05) is 11.9 Å². The van der Waals surface area contributed by atoms with E-state index in [2.05, 4.69) is 5.32 Å². The summed E-state index contributed by atoms with van der Waals surface area (Å²) in [4.78, 5) is 50.6. The van der Waals surface area contributed by atoms with E-state index >= 15 is 0 Å². The van der Waals surface area contributed by atoms with E-state index < -0.39 is 17.9 Å². The molecule has 0 aromatic heterocycles. The molecule has 0 saturated carbocycles. The molecule has 0 heterocycles. The number of ketones is 3. The normalized spacial score (nSPS) is 18.9. The molecule has 2 aliphatic rings. The first-order valence-electron chi connectivity index (χ1n) is 10.7. The summed E-state index contributed by atoms with van der Waals surface area (Å²) in [7, 11) is 0. The predicted octanol–water partition coefficient (Wildman–Crippen LogP) is 4.02. The van der Waals surface area contributed by atoms with Crippen LogP contribution in [-0.2, 0) is 14.3 Å². The van der Waals surface area contributed by atoms with Crippen LogP contribution in [0.5, 0.6) is 0 Å². The molecule has 6 heteroatoms. The number of benzene rings is 3. The lowest BCUT2D eigenvalue weighted by atomic mass is 9.80. The number of hydrogen-bond acceptors (Lipinski definition) is 6. The number of rotatable bonds is 4. The fourth-order valence-electron chi connectivity index (χ4n) is 4.61. The molecular formula is C27H21NO5. The second-order valence-corrected chi connectivity index (χ2v) is 8.44. The van der Waals surface area contributed by atoms with Crippen LogP contribution in [0.2, 0.25) is 0 Å². The van der Waals surface area contributed by atoms with Gasteiger partial charge in [0.25, 0.3) is 0 Å². The first kappa shape index (κ1) is 20.8. The molecular weight excluding hydrogens is 418 g/mol. The smallest absolute Gasteiger partial charge is 0.302 e. The number of aryl methyl sites for hydroxylation is 1. The molecule has 0 amide bonds. The zero-order valence-electron chi connectivity index (χ0n) is 18.2. The largest absolute Gasteiger partial charge is 0.465 e. The summed E-state index contributed by atoms with van der Waals surface area (Å²) in [5.41, 5.74) is 2.96. The average molecular weight is 439 g/mol. The van der Waals surface area contributed by atoms with Gasteiger partial charge in [0, 0.05) is 29.3 Å². The standard InChI is InChI=1S/C27H21NO5/c1-14-6-8-17-16(12-14)7-9-19-24(17)26(31)18-4-3-5-22(25(18)27(19)32)28-21-10-11-23(30)20(21)13-33-15(2)29/h3-12,20-21,28H,13H2,1-2H3. The van der Waals surface area contributed by atoms with Crippen LogP contribution >= 0.6 is 0 Å². The minimum atomic E-state index is -0.599. The monoisotopic (exact) mass is 439 g/mol. The Hall–Kier alpha value is -4.06. The lowest BCUT2D eigenvalue weighted by Crippen LogP contribution is -2.33. The van der Waals surface area contributed by atoms with Gasteiger partial charge < -0.3 is 10.1 Å². The van der Waals surface area contributed by atoms with Crippen molar-refractivity contribution in [1.82, 2.24) is 0 Å². The molecule has 3 aromatic rings. The Bertz CT molecular complexity index is 1400. The highest BCUT2D eigenvalue weighted by molar-refractivity contribution is 6.33. The van der Waals surface area contributed by atoms with E-state index in [1.54, 1.807) is 30.3 Å². The number of esters is 1. The molecule has 164 valence electrons. The highest BCUT2D eigenvalue weighted by atomic mass is 16.5. The fourth-order valence-corrected chi connectivity index (χ4v) is 4.61. The molecule has 0 spiro atoms. The van der Waals surface area contributed by atoms with Gasteiger partial charge in [0.15, 0.2) is 17.3 Å². The molecule has 0 aliphatic heterocycles. The van der Waals surface area contributed by atoms with E-state index in [1.807, 2.05) is 31.2 Å². The summed E-state index contributed by atoms with van der Waals surface area (Å²) in [6.07, 6.45) is 3.13. The van der Waals surface area contributed by atoms with Gasteiger partial charge in [0.2, 0.25) is 0 Å². The molecule has 0 bridgehead atoms. The van der Waals surface area contributed by atoms with Gasteiger partial charge in [0.1, 0.15) is 6.61 Å². The Morgan fingerprint density at radius 1 is 0.970 bits per heavy atom. The van der Waals surface area contributed by atoms with Gasteiger partial charge in [0.05, 0.1) is 17.5 Å². The summed E-state index contributed by atoms with van der Waals surface area (Å²) >= 11 is 0. The van der Waals surface area contributed by atoms with E-state index in [0.29, 0.717) is 27.9 Å². The molecule has 3 aromatic carbocycles. The van der Waals surface area contributed by atoms with Crippen molar-refractivity contribution in [3.8, 4) is 0 Å². The Morgan fingerprint density at radius 3 is 2.52 bits per heavy atom. The van der Waals surface area contributed by atoms with E-state index in [4.69, 9.17) is 4.74 Å². The minimum Gasteiger partial charge on any atom is -0.465 e. The Morgan fingerprint density at radius 2 is 1.73 bits per heavy atom. The Balaban J connectivity index is 1.55. The molecule has 33 heavy (non-hydrogen) atoms.